The van der Waals surface area contributed by atoms with Crippen LogP contribution in [0.1, 0.15) is 27.2 Å². The van der Waals surface area contributed by atoms with Crippen LogP contribution >= 0.6 is 0 Å². The highest BCUT2D eigenvalue weighted by atomic mass is 16.5. The predicted octanol–water partition coefficient (Wildman–Crippen LogP) is 2.09. The molecule has 2 saturated heterocycles. The van der Waals surface area contributed by atoms with Crippen molar-refractivity contribution in [2.45, 2.75) is 26.8 Å². The lowest BCUT2D eigenvalue weighted by Crippen LogP contribution is -2.45. The van der Waals surface area contributed by atoms with Crippen molar-refractivity contribution in [1.82, 2.24) is 14.8 Å². The molecule has 1 aromatic heterocycles. The molecular weight excluding hydrogens is 342 g/mol. The molecule has 0 radical (unpaired) electrons. The van der Waals surface area contributed by atoms with Crippen molar-refractivity contribution in [3.05, 3.63) is 40.6 Å². The third-order valence-corrected chi connectivity index (χ3v) is 5.90. The van der Waals surface area contributed by atoms with Gasteiger partial charge in [0, 0.05) is 31.2 Å². The fourth-order valence-electron chi connectivity index (χ4n) is 4.07. The quantitative estimate of drug-likeness (QED) is 0.774. The van der Waals surface area contributed by atoms with E-state index < -0.39 is 0 Å². The first-order chi connectivity index (χ1) is 12.9. The summed E-state index contributed by atoms with van der Waals surface area (Å²) in [5, 5.41) is 0.874. The number of hydrogen-bond acceptors (Lipinski definition) is 4. The van der Waals surface area contributed by atoms with Gasteiger partial charge in [-0.05, 0) is 38.0 Å². The molecule has 0 aliphatic carbocycles. The summed E-state index contributed by atoms with van der Waals surface area (Å²) in [4.78, 5) is 34.3. The Balaban J connectivity index is 1.77. The number of rotatable bonds is 1. The Morgan fingerprint density at radius 2 is 1.96 bits per heavy atom. The molecule has 27 heavy (non-hydrogen) atoms. The van der Waals surface area contributed by atoms with Crippen LogP contribution in [-0.4, -0.2) is 66.0 Å². The number of ether oxygens (including phenoxy) is 1. The maximum absolute atomic E-state index is 13.5. The molecule has 4 rings (SSSR count). The first-order valence-electron chi connectivity index (χ1n) is 9.38. The maximum atomic E-state index is 13.5. The van der Waals surface area contributed by atoms with Gasteiger partial charge in [-0.25, -0.2) is 0 Å². The SMILES string of the molecule is Cc1cc(C(=O)N2C[C@@H]3COC[C@H](C2)N(C)C3=O)c2ccc(C)c(C)c2n1. The van der Waals surface area contributed by atoms with Gasteiger partial charge in [-0.15, -0.1) is 0 Å². The predicted molar refractivity (Wildman–Crippen MR) is 103 cm³/mol. The standard InChI is InChI=1S/C21H25N3O3/c1-12-5-6-17-18(7-13(2)22-19(17)14(12)3)21(26)24-8-15-10-27-11-16(9-24)23(4)20(15)25/h5-7,15-16H,8-11H2,1-4H3/t15-,16+/m1/s1. The van der Waals surface area contributed by atoms with Crippen LogP contribution in [0.2, 0.25) is 0 Å². The van der Waals surface area contributed by atoms with Crippen LogP contribution in [0.25, 0.3) is 10.9 Å². The van der Waals surface area contributed by atoms with E-state index in [1.807, 2.05) is 36.9 Å². The number of carbonyl (C=O) groups is 2. The molecule has 6 heteroatoms. The fraction of sp³-hybridized carbons (Fsp3) is 0.476. The van der Waals surface area contributed by atoms with Gasteiger partial charge in [0.1, 0.15) is 0 Å². The summed E-state index contributed by atoms with van der Waals surface area (Å²) < 4.78 is 5.64. The summed E-state index contributed by atoms with van der Waals surface area (Å²) in [5.41, 5.74) is 4.63. The first kappa shape index (κ1) is 17.9. The number of carbonyl (C=O) groups excluding carboxylic acids is 2. The van der Waals surface area contributed by atoms with E-state index in [2.05, 4.69) is 11.9 Å². The molecule has 6 nitrogen and oxygen atoms in total. The topological polar surface area (TPSA) is 62.7 Å². The molecule has 0 unspecified atom stereocenters. The number of fused-ring (bicyclic) bond motifs is 4. The number of likely N-dealkylation sites (N-methyl/N-ethyl adjacent to an activating group) is 1. The Morgan fingerprint density at radius 1 is 1.19 bits per heavy atom. The smallest absolute Gasteiger partial charge is 0.254 e. The zero-order valence-electron chi connectivity index (χ0n) is 16.3. The minimum atomic E-state index is -0.301. The summed E-state index contributed by atoms with van der Waals surface area (Å²) in [7, 11) is 1.81. The molecule has 2 bridgehead atoms. The molecule has 142 valence electrons. The van der Waals surface area contributed by atoms with Gasteiger partial charge in [-0.3, -0.25) is 14.6 Å². The van der Waals surface area contributed by atoms with E-state index in [9.17, 15) is 9.59 Å². The highest BCUT2D eigenvalue weighted by Gasteiger charge is 2.39. The lowest BCUT2D eigenvalue weighted by atomic mass is 10.00. The largest absolute Gasteiger partial charge is 0.378 e. The first-order valence-corrected chi connectivity index (χ1v) is 9.38. The maximum Gasteiger partial charge on any atom is 0.254 e. The summed E-state index contributed by atoms with van der Waals surface area (Å²) in [6.07, 6.45) is 0. The van der Waals surface area contributed by atoms with Gasteiger partial charge < -0.3 is 14.5 Å². The second-order valence-electron chi connectivity index (χ2n) is 7.76. The van der Waals surface area contributed by atoms with E-state index in [1.54, 1.807) is 11.9 Å². The molecule has 0 saturated carbocycles. The highest BCUT2D eigenvalue weighted by Crippen LogP contribution is 2.27. The van der Waals surface area contributed by atoms with Crippen LogP contribution in [-0.2, 0) is 9.53 Å². The Morgan fingerprint density at radius 3 is 2.74 bits per heavy atom. The van der Waals surface area contributed by atoms with E-state index in [0.717, 1.165) is 27.7 Å². The van der Waals surface area contributed by atoms with Crippen molar-refractivity contribution >= 4 is 22.7 Å². The van der Waals surface area contributed by atoms with Crippen LogP contribution in [0.15, 0.2) is 18.2 Å². The van der Waals surface area contributed by atoms with Crippen LogP contribution in [0.4, 0.5) is 0 Å². The fourth-order valence-corrected chi connectivity index (χ4v) is 4.07. The number of benzene rings is 1. The highest BCUT2D eigenvalue weighted by molar-refractivity contribution is 6.07. The molecule has 0 spiro atoms. The van der Waals surface area contributed by atoms with Crippen LogP contribution < -0.4 is 0 Å². The van der Waals surface area contributed by atoms with Gasteiger partial charge in [0.15, 0.2) is 0 Å². The van der Waals surface area contributed by atoms with Gasteiger partial charge in [-0.1, -0.05) is 12.1 Å². The molecule has 2 atom stereocenters. The Bertz CT molecular complexity index is 940. The van der Waals surface area contributed by atoms with E-state index in [1.165, 1.54) is 0 Å². The van der Waals surface area contributed by atoms with Crippen molar-refractivity contribution in [3.63, 3.8) is 0 Å². The minimum Gasteiger partial charge on any atom is -0.378 e. The van der Waals surface area contributed by atoms with Gasteiger partial charge >= 0.3 is 0 Å². The van der Waals surface area contributed by atoms with Crippen LogP contribution in [0, 0.1) is 26.7 Å². The zero-order chi connectivity index (χ0) is 19.3. The van der Waals surface area contributed by atoms with E-state index in [4.69, 9.17) is 4.74 Å². The monoisotopic (exact) mass is 367 g/mol. The molecule has 0 N–H and O–H groups in total. The number of aromatic nitrogens is 1. The van der Waals surface area contributed by atoms with Gasteiger partial charge in [0.25, 0.3) is 5.91 Å². The molecular formula is C21H25N3O3. The number of hydrogen-bond donors (Lipinski definition) is 0. The summed E-state index contributed by atoms with van der Waals surface area (Å²) in [5.74, 6) is -0.270. The normalized spacial score (nSPS) is 22.9. The number of amides is 2. The lowest BCUT2D eigenvalue weighted by molar-refractivity contribution is -0.133. The van der Waals surface area contributed by atoms with Crippen molar-refractivity contribution in [3.8, 4) is 0 Å². The molecule has 1 aromatic carbocycles. The lowest BCUT2D eigenvalue weighted by Gasteiger charge is -2.29. The zero-order valence-corrected chi connectivity index (χ0v) is 16.3. The summed E-state index contributed by atoms with van der Waals surface area (Å²) in [6, 6.07) is 5.78. The van der Waals surface area contributed by atoms with Gasteiger partial charge in [-0.2, -0.15) is 0 Å². The van der Waals surface area contributed by atoms with E-state index in [-0.39, 0.29) is 23.8 Å². The Hall–Kier alpha value is -2.47. The van der Waals surface area contributed by atoms with E-state index in [0.29, 0.717) is 31.9 Å². The van der Waals surface area contributed by atoms with Crippen LogP contribution in [0.3, 0.4) is 0 Å². The van der Waals surface area contributed by atoms with Gasteiger partial charge in [0.2, 0.25) is 5.91 Å². The molecule has 2 fully saturated rings. The molecule has 2 aliphatic rings. The molecule has 2 aliphatic heterocycles. The molecule has 3 heterocycles. The van der Waals surface area contributed by atoms with Crippen molar-refractivity contribution in [1.29, 1.82) is 0 Å². The number of nitrogens with zero attached hydrogens (tertiary/aromatic N) is 3. The third-order valence-electron chi connectivity index (χ3n) is 5.90. The molecule has 2 aromatic rings. The summed E-state index contributed by atoms with van der Waals surface area (Å²) in [6.45, 7) is 7.74. The van der Waals surface area contributed by atoms with Crippen molar-refractivity contribution < 1.29 is 14.3 Å². The summed E-state index contributed by atoms with van der Waals surface area (Å²) >= 11 is 0. The number of aryl methyl sites for hydroxylation is 3. The average molecular weight is 367 g/mol. The van der Waals surface area contributed by atoms with Crippen molar-refractivity contribution in [2.24, 2.45) is 5.92 Å². The van der Waals surface area contributed by atoms with Gasteiger partial charge in [0.05, 0.1) is 36.3 Å². The second-order valence-corrected chi connectivity index (χ2v) is 7.76. The van der Waals surface area contributed by atoms with Crippen LogP contribution in [0.5, 0.6) is 0 Å². The number of pyridine rings is 1. The second kappa shape index (κ2) is 6.60. The van der Waals surface area contributed by atoms with E-state index >= 15 is 0 Å². The Kier molecular flexibility index (Phi) is 4.38. The Labute approximate surface area is 159 Å². The van der Waals surface area contributed by atoms with Crippen molar-refractivity contribution in [2.75, 3.05) is 33.4 Å². The minimum absolute atomic E-state index is 0.0336. The third kappa shape index (κ3) is 2.98. The molecule has 2 amide bonds. The average Bonchev–Trinajstić information content (AvgIpc) is 2.82.